The molecule has 9 heteroatoms. The summed E-state index contributed by atoms with van der Waals surface area (Å²) in [6.07, 6.45) is 0.273. The number of aromatic nitrogens is 1. The number of phenols is 1. The lowest BCUT2D eigenvalue weighted by Crippen LogP contribution is -2.53. The quantitative estimate of drug-likeness (QED) is 0.383. The minimum atomic E-state index is -1.14. The largest absolute Gasteiger partial charge is 0.508 e. The van der Waals surface area contributed by atoms with Crippen molar-refractivity contribution in [3.8, 4) is 11.5 Å². The van der Waals surface area contributed by atoms with E-state index in [0.29, 0.717) is 23.3 Å². The van der Waals surface area contributed by atoms with Crippen LogP contribution in [0.15, 0.2) is 36.4 Å². The van der Waals surface area contributed by atoms with E-state index in [0.717, 1.165) is 17.5 Å². The Morgan fingerprint density at radius 3 is 2.79 bits per heavy atom. The van der Waals surface area contributed by atoms with Crippen molar-refractivity contribution >= 4 is 22.8 Å². The zero-order chi connectivity index (χ0) is 24.2. The van der Waals surface area contributed by atoms with Crippen LogP contribution in [0.3, 0.4) is 0 Å². The van der Waals surface area contributed by atoms with Crippen LogP contribution >= 0.6 is 0 Å². The van der Waals surface area contributed by atoms with Gasteiger partial charge in [-0.05, 0) is 42.8 Å². The molecule has 3 heterocycles. The zero-order valence-corrected chi connectivity index (χ0v) is 19.3. The maximum Gasteiger partial charge on any atom is 0.328 e. The van der Waals surface area contributed by atoms with E-state index in [4.69, 9.17) is 4.74 Å². The first-order valence-corrected chi connectivity index (χ1v) is 11.3. The predicted octanol–water partition coefficient (Wildman–Crippen LogP) is 3.30. The number of hydrogen-bond donors (Lipinski definition) is 3. The third-order valence-electron chi connectivity index (χ3n) is 6.89. The van der Waals surface area contributed by atoms with Crippen LogP contribution in [-0.2, 0) is 11.2 Å². The summed E-state index contributed by atoms with van der Waals surface area (Å²) in [5.74, 6) is -0.611. The van der Waals surface area contributed by atoms with E-state index in [1.807, 2.05) is 13.0 Å². The number of likely N-dealkylation sites (N-methyl/N-ethyl adjacent to an activating group) is 1. The first kappa shape index (κ1) is 22.2. The molecule has 0 saturated carbocycles. The van der Waals surface area contributed by atoms with Crippen molar-refractivity contribution in [1.29, 1.82) is 0 Å². The number of imide groups is 1. The molecule has 0 spiro atoms. The minimum absolute atomic E-state index is 0.0529. The van der Waals surface area contributed by atoms with Crippen LogP contribution in [0.5, 0.6) is 11.5 Å². The number of nitrogens with zero attached hydrogens (tertiary/aromatic N) is 2. The summed E-state index contributed by atoms with van der Waals surface area (Å²) in [5.41, 5.74) is 1.60. The Kier molecular flexibility index (Phi) is 5.24. The van der Waals surface area contributed by atoms with Gasteiger partial charge in [0, 0.05) is 42.2 Å². The Morgan fingerprint density at radius 1 is 1.29 bits per heavy atom. The highest BCUT2D eigenvalue weighted by atomic mass is 19.1. The van der Waals surface area contributed by atoms with E-state index in [-0.39, 0.29) is 36.4 Å². The second kappa shape index (κ2) is 8.02. The number of hydrogen-bond acceptors (Lipinski definition) is 5. The summed E-state index contributed by atoms with van der Waals surface area (Å²) in [7, 11) is 1.41. The molecule has 1 fully saturated rings. The molecular weight excluding hydrogens is 439 g/mol. The first-order chi connectivity index (χ1) is 16.3. The van der Waals surface area contributed by atoms with Crippen LogP contribution in [0.4, 0.5) is 9.18 Å². The third kappa shape index (κ3) is 3.14. The van der Waals surface area contributed by atoms with Gasteiger partial charge in [0.25, 0.3) is 5.91 Å². The predicted molar refractivity (Wildman–Crippen MR) is 124 cm³/mol. The maximum absolute atomic E-state index is 14.5. The number of aromatic amines is 1. The molecule has 0 aliphatic carbocycles. The lowest BCUT2D eigenvalue weighted by atomic mass is 9.81. The lowest BCUT2D eigenvalue weighted by Gasteiger charge is -2.42. The van der Waals surface area contributed by atoms with Crippen molar-refractivity contribution < 1.29 is 23.8 Å². The van der Waals surface area contributed by atoms with Gasteiger partial charge in [-0.25, -0.2) is 9.18 Å². The monoisotopic (exact) mass is 466 g/mol. The van der Waals surface area contributed by atoms with Gasteiger partial charge in [0.1, 0.15) is 17.3 Å². The van der Waals surface area contributed by atoms with E-state index >= 15 is 0 Å². The number of benzene rings is 2. The van der Waals surface area contributed by atoms with Crippen molar-refractivity contribution in [3.05, 3.63) is 59.0 Å². The number of carbonyl (C=O) groups is 2. The molecule has 8 nitrogen and oxygen atoms in total. The van der Waals surface area contributed by atoms with Gasteiger partial charge in [-0.1, -0.05) is 19.1 Å². The molecule has 5 rings (SSSR count). The van der Waals surface area contributed by atoms with Crippen LogP contribution < -0.4 is 10.1 Å². The van der Waals surface area contributed by atoms with E-state index in [1.165, 1.54) is 18.1 Å². The van der Waals surface area contributed by atoms with Crippen molar-refractivity contribution in [2.45, 2.75) is 31.8 Å². The minimum Gasteiger partial charge on any atom is -0.508 e. The van der Waals surface area contributed by atoms with E-state index in [2.05, 4.69) is 10.3 Å². The number of methoxy groups -OCH3 is 1. The van der Waals surface area contributed by atoms with Gasteiger partial charge < -0.3 is 20.1 Å². The van der Waals surface area contributed by atoms with Crippen molar-refractivity contribution in [3.63, 3.8) is 0 Å². The number of phenolic OH excluding ortho intramolecular Hbond substituents is 1. The number of urea groups is 1. The molecule has 34 heavy (non-hydrogen) atoms. The van der Waals surface area contributed by atoms with Crippen molar-refractivity contribution in [1.82, 2.24) is 20.1 Å². The number of aromatic hydroxyl groups is 1. The fourth-order valence-electron chi connectivity index (χ4n) is 5.28. The van der Waals surface area contributed by atoms with Gasteiger partial charge in [0.2, 0.25) is 0 Å². The number of carbonyl (C=O) groups excluding carboxylic acids is 2. The zero-order valence-electron chi connectivity index (χ0n) is 19.3. The first-order valence-electron chi connectivity index (χ1n) is 11.3. The number of fused-ring (bicyclic) bond motifs is 4. The van der Waals surface area contributed by atoms with Gasteiger partial charge >= 0.3 is 6.03 Å². The number of nitrogens with one attached hydrogen (secondary N) is 2. The SMILES string of the molecule is CCNCCN1C(=O)N2[C@H](c3cccc(O)c3)c3[nH]c4cc(F)c(OC)cc4c3C[C@@]2(C)C1=O. The van der Waals surface area contributed by atoms with Crippen LogP contribution in [0, 0.1) is 5.82 Å². The average molecular weight is 467 g/mol. The molecule has 3 aromatic rings. The molecule has 0 radical (unpaired) electrons. The van der Waals surface area contributed by atoms with E-state index in [1.54, 1.807) is 36.1 Å². The fraction of sp³-hybridized carbons (Fsp3) is 0.360. The van der Waals surface area contributed by atoms with Gasteiger partial charge in [-0.15, -0.1) is 0 Å². The Hall–Kier alpha value is -3.59. The summed E-state index contributed by atoms with van der Waals surface area (Å²) in [4.78, 5) is 33.5. The standard InChI is InChI=1S/C25H27FN4O4/c1-4-27-8-9-29-23(32)25(2)13-17-16-11-20(34-3)18(26)12-19(16)28-21(17)22(30(25)24(29)33)14-6-5-7-15(31)10-14/h5-7,10-12,22,27-28,31H,4,8-9,13H2,1-3H3/t22-,25+/m1/s1. The highest BCUT2D eigenvalue weighted by molar-refractivity contribution is 6.08. The molecule has 1 aromatic heterocycles. The number of rotatable bonds is 6. The maximum atomic E-state index is 14.5. The molecule has 2 aliphatic rings. The highest BCUT2D eigenvalue weighted by Crippen LogP contribution is 2.49. The molecule has 3 amide bonds. The lowest BCUT2D eigenvalue weighted by molar-refractivity contribution is -0.133. The Labute approximate surface area is 196 Å². The molecule has 0 unspecified atom stereocenters. The van der Waals surface area contributed by atoms with Crippen LogP contribution in [0.1, 0.15) is 36.7 Å². The van der Waals surface area contributed by atoms with Gasteiger partial charge in [-0.3, -0.25) is 14.6 Å². The second-order valence-electron chi connectivity index (χ2n) is 8.96. The molecule has 0 bridgehead atoms. The molecule has 2 atom stereocenters. The topological polar surface area (TPSA) is 97.9 Å². The van der Waals surface area contributed by atoms with Crippen LogP contribution in [0.2, 0.25) is 0 Å². The molecule has 2 aliphatic heterocycles. The third-order valence-corrected chi connectivity index (χ3v) is 6.89. The van der Waals surface area contributed by atoms with Crippen molar-refractivity contribution in [2.75, 3.05) is 26.7 Å². The fourth-order valence-corrected chi connectivity index (χ4v) is 5.28. The molecular formula is C25H27FN4O4. The average Bonchev–Trinajstić information content (AvgIpc) is 3.24. The van der Waals surface area contributed by atoms with Gasteiger partial charge in [0.15, 0.2) is 11.6 Å². The summed E-state index contributed by atoms with van der Waals surface area (Å²) in [6.45, 7) is 5.24. The number of amides is 3. The number of H-pyrrole nitrogens is 1. The van der Waals surface area contributed by atoms with E-state index in [9.17, 15) is 19.1 Å². The second-order valence-corrected chi connectivity index (χ2v) is 8.96. The van der Waals surface area contributed by atoms with Gasteiger partial charge in [0.05, 0.1) is 7.11 Å². The summed E-state index contributed by atoms with van der Waals surface area (Å²) >= 11 is 0. The smallest absolute Gasteiger partial charge is 0.328 e. The van der Waals surface area contributed by atoms with Gasteiger partial charge in [-0.2, -0.15) is 0 Å². The summed E-state index contributed by atoms with van der Waals surface area (Å²) in [6, 6.07) is 8.60. The van der Waals surface area contributed by atoms with Crippen LogP contribution in [0.25, 0.3) is 10.9 Å². The normalized spacial score (nSPS) is 21.8. The molecule has 2 aromatic carbocycles. The Morgan fingerprint density at radius 2 is 2.09 bits per heavy atom. The Bertz CT molecular complexity index is 1310. The molecule has 3 N–H and O–H groups in total. The van der Waals surface area contributed by atoms with Crippen LogP contribution in [-0.4, -0.2) is 64.1 Å². The Balaban J connectivity index is 1.71. The van der Waals surface area contributed by atoms with E-state index < -0.39 is 17.4 Å². The molecule has 1 saturated heterocycles. The molecule has 178 valence electrons. The summed E-state index contributed by atoms with van der Waals surface area (Å²) < 4.78 is 19.7. The highest BCUT2D eigenvalue weighted by Gasteiger charge is 2.60. The number of halogens is 1. The van der Waals surface area contributed by atoms with Crippen molar-refractivity contribution in [2.24, 2.45) is 0 Å². The number of ether oxygens (including phenoxy) is 1. The summed E-state index contributed by atoms with van der Waals surface area (Å²) in [5, 5.41) is 14.1.